The summed E-state index contributed by atoms with van der Waals surface area (Å²) < 4.78 is 13.4. The van der Waals surface area contributed by atoms with Crippen LogP contribution in [0.3, 0.4) is 0 Å². The highest BCUT2D eigenvalue weighted by atomic mass is 19.1. The fraction of sp³-hybridized carbons (Fsp3) is 0.160. The van der Waals surface area contributed by atoms with Crippen LogP contribution in [0, 0.1) is 12.7 Å². The zero-order chi connectivity index (χ0) is 23.4. The summed E-state index contributed by atoms with van der Waals surface area (Å²) in [4.78, 5) is 39.8. The number of fused-ring (bicyclic) bond motifs is 1. The molecule has 0 aliphatic carbocycles. The van der Waals surface area contributed by atoms with Crippen molar-refractivity contribution in [3.8, 4) is 0 Å². The summed E-state index contributed by atoms with van der Waals surface area (Å²) in [5.41, 5.74) is 3.18. The first-order chi connectivity index (χ1) is 15.9. The van der Waals surface area contributed by atoms with Gasteiger partial charge in [0.2, 0.25) is 11.8 Å². The minimum Gasteiger partial charge on any atom is -0.372 e. The molecule has 4 rings (SSSR count). The van der Waals surface area contributed by atoms with Crippen LogP contribution < -0.4 is 20.9 Å². The Morgan fingerprint density at radius 1 is 0.939 bits per heavy atom. The van der Waals surface area contributed by atoms with E-state index in [1.807, 2.05) is 19.1 Å². The van der Waals surface area contributed by atoms with Crippen LogP contribution in [0.2, 0.25) is 0 Å². The number of aryl methyl sites for hydroxylation is 1. The molecule has 3 aromatic carbocycles. The number of rotatable bonds is 6. The molecule has 0 radical (unpaired) electrons. The molecule has 0 aromatic heterocycles. The minimum absolute atomic E-state index is 0.108. The lowest BCUT2D eigenvalue weighted by Crippen LogP contribution is -2.50. The molecule has 1 aliphatic rings. The molecule has 0 fully saturated rings. The van der Waals surface area contributed by atoms with Crippen LogP contribution in [0.1, 0.15) is 12.0 Å². The molecule has 1 aliphatic heterocycles. The molecule has 3 aromatic rings. The maximum atomic E-state index is 13.4. The summed E-state index contributed by atoms with van der Waals surface area (Å²) in [6.45, 7) is 1.68. The van der Waals surface area contributed by atoms with Gasteiger partial charge in [0, 0.05) is 11.4 Å². The Morgan fingerprint density at radius 2 is 1.67 bits per heavy atom. The Labute approximate surface area is 190 Å². The number of hydrogen-bond donors (Lipinski definition) is 3. The fourth-order valence-corrected chi connectivity index (χ4v) is 3.63. The first kappa shape index (κ1) is 22.0. The Morgan fingerprint density at radius 3 is 2.42 bits per heavy atom. The second-order valence-electron chi connectivity index (χ2n) is 7.82. The van der Waals surface area contributed by atoms with Crippen molar-refractivity contribution in [1.29, 1.82) is 0 Å². The Balaban J connectivity index is 1.48. The van der Waals surface area contributed by atoms with Gasteiger partial charge >= 0.3 is 0 Å². The highest BCUT2D eigenvalue weighted by Crippen LogP contribution is 2.32. The lowest BCUT2D eigenvalue weighted by Gasteiger charge is -2.34. The van der Waals surface area contributed by atoms with Gasteiger partial charge in [-0.3, -0.25) is 19.3 Å². The third-order valence-electron chi connectivity index (χ3n) is 5.22. The van der Waals surface area contributed by atoms with Crippen molar-refractivity contribution >= 4 is 40.5 Å². The van der Waals surface area contributed by atoms with Crippen molar-refractivity contribution < 1.29 is 18.8 Å². The van der Waals surface area contributed by atoms with Crippen molar-refractivity contribution in [2.75, 3.05) is 27.4 Å². The van der Waals surface area contributed by atoms with Crippen molar-refractivity contribution in [3.63, 3.8) is 0 Å². The van der Waals surface area contributed by atoms with Gasteiger partial charge in [-0.2, -0.15) is 0 Å². The summed E-state index contributed by atoms with van der Waals surface area (Å²) >= 11 is 0. The van der Waals surface area contributed by atoms with Gasteiger partial charge in [0.15, 0.2) is 0 Å². The molecule has 1 atom stereocenters. The standard InChI is InChI=1S/C25H23FN4O3/c1-16-9-11-18(12-10-16)27-23(31)14-21-25(33)30(22-8-3-2-7-20(22)29-21)15-24(32)28-19-6-4-5-17(26)13-19/h2-13,21,29H,14-15H2,1H3,(H,27,31)(H,28,32). The quantitative estimate of drug-likeness (QED) is 0.535. The normalized spacial score (nSPS) is 14.8. The van der Waals surface area contributed by atoms with Crippen LogP contribution in [0.15, 0.2) is 72.8 Å². The Kier molecular flexibility index (Phi) is 6.35. The molecule has 0 saturated heterocycles. The predicted octanol–water partition coefficient (Wildman–Crippen LogP) is 3.93. The Bertz CT molecular complexity index is 1200. The van der Waals surface area contributed by atoms with Gasteiger partial charge in [-0.05, 0) is 49.4 Å². The lowest BCUT2D eigenvalue weighted by atomic mass is 10.1. The van der Waals surface area contributed by atoms with Gasteiger partial charge in [-0.15, -0.1) is 0 Å². The van der Waals surface area contributed by atoms with E-state index in [1.54, 1.807) is 42.5 Å². The summed E-state index contributed by atoms with van der Waals surface area (Å²) in [7, 11) is 0. The van der Waals surface area contributed by atoms with E-state index < -0.39 is 23.7 Å². The summed E-state index contributed by atoms with van der Waals surface area (Å²) in [5.74, 6) is -1.68. The molecule has 7 nitrogen and oxygen atoms in total. The maximum Gasteiger partial charge on any atom is 0.250 e. The number of benzene rings is 3. The summed E-state index contributed by atoms with van der Waals surface area (Å²) in [6.07, 6.45) is -0.108. The highest BCUT2D eigenvalue weighted by molar-refractivity contribution is 6.11. The zero-order valence-corrected chi connectivity index (χ0v) is 18.0. The van der Waals surface area contributed by atoms with Crippen LogP contribution in [0.5, 0.6) is 0 Å². The van der Waals surface area contributed by atoms with Crippen molar-refractivity contribution in [2.45, 2.75) is 19.4 Å². The highest BCUT2D eigenvalue weighted by Gasteiger charge is 2.34. The summed E-state index contributed by atoms with van der Waals surface area (Å²) in [6, 6.07) is 19.1. The van der Waals surface area contributed by atoms with E-state index in [2.05, 4.69) is 16.0 Å². The molecule has 0 saturated carbocycles. The van der Waals surface area contributed by atoms with E-state index in [1.165, 1.54) is 23.1 Å². The monoisotopic (exact) mass is 446 g/mol. The van der Waals surface area contributed by atoms with Gasteiger partial charge in [0.1, 0.15) is 18.4 Å². The minimum atomic E-state index is -0.840. The molecule has 33 heavy (non-hydrogen) atoms. The van der Waals surface area contributed by atoms with Crippen LogP contribution in [-0.2, 0) is 14.4 Å². The third kappa shape index (κ3) is 5.35. The van der Waals surface area contributed by atoms with Crippen LogP contribution in [0.25, 0.3) is 0 Å². The van der Waals surface area contributed by atoms with Gasteiger partial charge in [0.05, 0.1) is 17.8 Å². The molecule has 0 bridgehead atoms. The van der Waals surface area contributed by atoms with E-state index in [4.69, 9.17) is 0 Å². The number of amides is 3. The molecule has 3 N–H and O–H groups in total. The number of hydrogen-bond acceptors (Lipinski definition) is 4. The number of carbonyl (C=O) groups excluding carboxylic acids is 3. The van der Waals surface area contributed by atoms with E-state index in [0.29, 0.717) is 22.7 Å². The number of anilines is 4. The average molecular weight is 446 g/mol. The topological polar surface area (TPSA) is 90.5 Å². The van der Waals surface area contributed by atoms with Gasteiger partial charge in [-0.1, -0.05) is 35.9 Å². The molecule has 1 heterocycles. The first-order valence-corrected chi connectivity index (χ1v) is 10.5. The smallest absolute Gasteiger partial charge is 0.250 e. The van der Waals surface area contributed by atoms with Gasteiger partial charge < -0.3 is 16.0 Å². The van der Waals surface area contributed by atoms with E-state index in [9.17, 15) is 18.8 Å². The van der Waals surface area contributed by atoms with Crippen molar-refractivity contribution in [2.24, 2.45) is 0 Å². The molecule has 8 heteroatoms. The summed E-state index contributed by atoms with van der Waals surface area (Å²) in [5, 5.41) is 8.49. The predicted molar refractivity (Wildman–Crippen MR) is 126 cm³/mol. The molecule has 0 spiro atoms. The number of para-hydroxylation sites is 2. The molecule has 3 amide bonds. The van der Waals surface area contributed by atoms with Gasteiger partial charge in [0.25, 0.3) is 5.91 Å². The molecular weight excluding hydrogens is 423 g/mol. The second-order valence-corrected chi connectivity index (χ2v) is 7.82. The number of nitrogens with zero attached hydrogens (tertiary/aromatic N) is 1. The Hall–Kier alpha value is -4.20. The molecular formula is C25H23FN4O3. The lowest BCUT2D eigenvalue weighted by molar-refractivity contribution is -0.124. The number of carbonyl (C=O) groups is 3. The van der Waals surface area contributed by atoms with E-state index in [-0.39, 0.29) is 18.9 Å². The zero-order valence-electron chi connectivity index (χ0n) is 18.0. The third-order valence-corrected chi connectivity index (χ3v) is 5.22. The number of nitrogens with one attached hydrogen (secondary N) is 3. The van der Waals surface area contributed by atoms with Crippen molar-refractivity contribution in [1.82, 2.24) is 0 Å². The average Bonchev–Trinajstić information content (AvgIpc) is 2.78. The first-order valence-electron chi connectivity index (χ1n) is 10.5. The molecule has 168 valence electrons. The van der Waals surface area contributed by atoms with Crippen LogP contribution >= 0.6 is 0 Å². The fourth-order valence-electron chi connectivity index (χ4n) is 3.63. The second kappa shape index (κ2) is 9.52. The maximum absolute atomic E-state index is 13.4. The van der Waals surface area contributed by atoms with Crippen molar-refractivity contribution in [3.05, 3.63) is 84.2 Å². The largest absolute Gasteiger partial charge is 0.372 e. The number of halogens is 1. The van der Waals surface area contributed by atoms with E-state index in [0.717, 1.165) is 5.56 Å². The van der Waals surface area contributed by atoms with Crippen LogP contribution in [0.4, 0.5) is 27.1 Å². The SMILES string of the molecule is Cc1ccc(NC(=O)CC2Nc3ccccc3N(CC(=O)Nc3cccc(F)c3)C2=O)cc1. The van der Waals surface area contributed by atoms with E-state index >= 15 is 0 Å². The van der Waals surface area contributed by atoms with Gasteiger partial charge in [-0.25, -0.2) is 4.39 Å². The van der Waals surface area contributed by atoms with Crippen LogP contribution in [-0.4, -0.2) is 30.3 Å². The molecule has 1 unspecified atom stereocenters.